The van der Waals surface area contributed by atoms with Gasteiger partial charge in [-0.1, -0.05) is 6.58 Å². The summed E-state index contributed by atoms with van der Waals surface area (Å²) < 4.78 is 21.9. The van der Waals surface area contributed by atoms with E-state index in [0.717, 1.165) is 31.5 Å². The van der Waals surface area contributed by atoms with Crippen molar-refractivity contribution in [3.63, 3.8) is 0 Å². The predicted octanol–water partition coefficient (Wildman–Crippen LogP) is 3.76. The number of hydrogen-bond acceptors (Lipinski definition) is 6. The van der Waals surface area contributed by atoms with E-state index in [0.29, 0.717) is 25.2 Å². The first-order chi connectivity index (χ1) is 14.6. The zero-order valence-corrected chi connectivity index (χ0v) is 19.0. The maximum Gasteiger partial charge on any atom is 0.335 e. The molecule has 0 aromatic rings. The molecular weight excluding hydrogens is 384 g/mol. The number of aliphatic hydroxyl groups is 1. The molecule has 1 unspecified atom stereocenters. The lowest BCUT2D eigenvalue weighted by Crippen LogP contribution is -2.33. The van der Waals surface area contributed by atoms with Gasteiger partial charge in [0.2, 0.25) is 0 Å². The molecule has 0 bridgehead atoms. The second-order valence-corrected chi connectivity index (χ2v) is 9.00. The minimum Gasteiger partial charge on any atom is -0.462 e. The highest BCUT2D eigenvalue weighted by molar-refractivity contribution is 5.87. The van der Waals surface area contributed by atoms with Crippen LogP contribution in [0.2, 0.25) is 0 Å². The molecule has 0 radical (unpaired) electrons. The highest BCUT2D eigenvalue weighted by Gasteiger charge is 2.34. The average molecular weight is 427 g/mol. The number of methoxy groups -OCH3 is 2. The maximum atomic E-state index is 11.8. The van der Waals surface area contributed by atoms with Gasteiger partial charge in [0.15, 0.2) is 0 Å². The fourth-order valence-electron chi connectivity index (χ4n) is 5.15. The van der Waals surface area contributed by atoms with Gasteiger partial charge in [-0.3, -0.25) is 0 Å². The van der Waals surface area contributed by atoms with Crippen LogP contribution in [0.25, 0.3) is 0 Å². The Kier molecular flexibility index (Phi) is 12.0. The molecule has 2 saturated carbocycles. The smallest absolute Gasteiger partial charge is 0.335 e. The Morgan fingerprint density at radius 2 is 1.57 bits per heavy atom. The number of hydrogen-bond donors (Lipinski definition) is 1. The van der Waals surface area contributed by atoms with Crippen molar-refractivity contribution in [1.29, 1.82) is 0 Å². The van der Waals surface area contributed by atoms with Crippen molar-refractivity contribution in [3.8, 4) is 0 Å². The monoisotopic (exact) mass is 426 g/mol. The summed E-state index contributed by atoms with van der Waals surface area (Å²) in [6.07, 6.45) is 11.2. The van der Waals surface area contributed by atoms with Gasteiger partial charge in [0.1, 0.15) is 0 Å². The summed E-state index contributed by atoms with van der Waals surface area (Å²) in [5.74, 6) is 1.87. The van der Waals surface area contributed by atoms with E-state index in [4.69, 9.17) is 24.1 Å². The molecule has 1 N–H and O–H groups in total. The Morgan fingerprint density at radius 3 is 2.13 bits per heavy atom. The highest BCUT2D eigenvalue weighted by Crippen LogP contribution is 2.42. The number of rotatable bonds is 13. The third kappa shape index (κ3) is 8.29. The molecule has 174 valence electrons. The standard InChI is InChI=1S/C24H42O6/c1-18(15-25)24(26)30-17-22(16-28-3)21-7-5-19(6-8-21)20-9-11-23(12-10-20)29-14-4-13-27-2/h19-23,25H,1,4-17H2,2-3H3. The van der Waals surface area contributed by atoms with Gasteiger partial charge in [0.25, 0.3) is 0 Å². The average Bonchev–Trinajstić information content (AvgIpc) is 2.79. The van der Waals surface area contributed by atoms with E-state index in [9.17, 15) is 4.79 Å². The summed E-state index contributed by atoms with van der Waals surface area (Å²) in [5.41, 5.74) is 0.105. The molecule has 0 heterocycles. The van der Waals surface area contributed by atoms with E-state index in [1.807, 2.05) is 0 Å². The fraction of sp³-hybridized carbons (Fsp3) is 0.875. The predicted molar refractivity (Wildman–Crippen MR) is 116 cm³/mol. The van der Waals surface area contributed by atoms with Gasteiger partial charge in [-0.05, 0) is 75.5 Å². The van der Waals surface area contributed by atoms with Crippen molar-refractivity contribution >= 4 is 5.97 Å². The van der Waals surface area contributed by atoms with E-state index in [2.05, 4.69) is 6.58 Å². The summed E-state index contributed by atoms with van der Waals surface area (Å²) in [6.45, 7) is 5.69. The molecule has 0 amide bonds. The molecule has 6 heteroatoms. The topological polar surface area (TPSA) is 74.2 Å². The van der Waals surface area contributed by atoms with Gasteiger partial charge in [0.05, 0.1) is 31.5 Å². The molecule has 30 heavy (non-hydrogen) atoms. The van der Waals surface area contributed by atoms with Crippen LogP contribution in [-0.2, 0) is 23.7 Å². The molecular formula is C24H42O6. The first-order valence-electron chi connectivity index (χ1n) is 11.6. The lowest BCUT2D eigenvalue weighted by atomic mass is 9.68. The van der Waals surface area contributed by atoms with Crippen molar-refractivity contribution in [2.75, 3.05) is 47.3 Å². The molecule has 2 fully saturated rings. The van der Waals surface area contributed by atoms with E-state index < -0.39 is 5.97 Å². The largest absolute Gasteiger partial charge is 0.462 e. The molecule has 2 aliphatic rings. The Balaban J connectivity index is 1.70. The normalized spacial score (nSPS) is 28.1. The van der Waals surface area contributed by atoms with Gasteiger partial charge in [0, 0.05) is 33.4 Å². The first kappa shape index (κ1) is 25.3. The van der Waals surface area contributed by atoms with Crippen molar-refractivity contribution in [3.05, 3.63) is 12.2 Å². The molecule has 0 saturated heterocycles. The third-order valence-corrected chi connectivity index (χ3v) is 7.00. The second kappa shape index (κ2) is 14.2. The number of aliphatic hydroxyl groups excluding tert-OH is 1. The van der Waals surface area contributed by atoms with Crippen LogP contribution in [-0.4, -0.2) is 64.4 Å². The summed E-state index contributed by atoms with van der Waals surface area (Å²) in [4.78, 5) is 11.8. The molecule has 2 aliphatic carbocycles. The summed E-state index contributed by atoms with van der Waals surface area (Å²) in [6, 6.07) is 0. The lowest BCUT2D eigenvalue weighted by Gasteiger charge is -2.39. The van der Waals surface area contributed by atoms with Gasteiger partial charge in [-0.25, -0.2) is 4.79 Å². The quantitative estimate of drug-likeness (QED) is 0.275. The Bertz CT molecular complexity index is 492. The van der Waals surface area contributed by atoms with E-state index in [1.165, 1.54) is 51.4 Å². The first-order valence-corrected chi connectivity index (χ1v) is 11.6. The minimum absolute atomic E-state index is 0.105. The third-order valence-electron chi connectivity index (χ3n) is 7.00. The molecule has 0 aliphatic heterocycles. The van der Waals surface area contributed by atoms with Crippen LogP contribution in [0.3, 0.4) is 0 Å². The minimum atomic E-state index is -0.506. The summed E-state index contributed by atoms with van der Waals surface area (Å²) in [5, 5.41) is 9.02. The van der Waals surface area contributed by atoms with Crippen molar-refractivity contribution in [2.24, 2.45) is 23.7 Å². The lowest BCUT2D eigenvalue weighted by molar-refractivity contribution is -0.142. The van der Waals surface area contributed by atoms with Gasteiger partial charge in [-0.2, -0.15) is 0 Å². The Hall–Kier alpha value is -0.950. The van der Waals surface area contributed by atoms with Crippen LogP contribution < -0.4 is 0 Å². The molecule has 1 atom stereocenters. The van der Waals surface area contributed by atoms with E-state index >= 15 is 0 Å². The van der Waals surface area contributed by atoms with Crippen molar-refractivity contribution < 1.29 is 28.8 Å². The van der Waals surface area contributed by atoms with Crippen LogP contribution in [0.15, 0.2) is 12.2 Å². The number of carbonyl (C=O) groups is 1. The Morgan fingerprint density at radius 1 is 0.933 bits per heavy atom. The van der Waals surface area contributed by atoms with Gasteiger partial charge < -0.3 is 24.1 Å². The summed E-state index contributed by atoms with van der Waals surface area (Å²) >= 11 is 0. The zero-order valence-electron chi connectivity index (χ0n) is 19.0. The molecule has 0 aromatic carbocycles. The van der Waals surface area contributed by atoms with Crippen LogP contribution in [0.1, 0.15) is 57.8 Å². The molecule has 0 aromatic heterocycles. The highest BCUT2D eigenvalue weighted by atomic mass is 16.5. The van der Waals surface area contributed by atoms with E-state index in [-0.39, 0.29) is 18.1 Å². The van der Waals surface area contributed by atoms with Crippen molar-refractivity contribution in [2.45, 2.75) is 63.9 Å². The number of ether oxygens (including phenoxy) is 4. The van der Waals surface area contributed by atoms with Gasteiger partial charge >= 0.3 is 5.97 Å². The zero-order chi connectivity index (χ0) is 21.8. The van der Waals surface area contributed by atoms with Crippen LogP contribution in [0.4, 0.5) is 0 Å². The number of esters is 1. The van der Waals surface area contributed by atoms with Crippen LogP contribution in [0, 0.1) is 23.7 Å². The van der Waals surface area contributed by atoms with Gasteiger partial charge in [-0.15, -0.1) is 0 Å². The Labute approximate surface area is 182 Å². The SMILES string of the molecule is C=C(CO)C(=O)OCC(COC)C1CCC(C2CCC(OCCCOC)CC2)CC1. The molecule has 2 rings (SSSR count). The maximum absolute atomic E-state index is 11.8. The molecule has 6 nitrogen and oxygen atoms in total. The second-order valence-electron chi connectivity index (χ2n) is 9.00. The number of carbonyl (C=O) groups excluding carboxylic acids is 1. The van der Waals surface area contributed by atoms with Crippen LogP contribution >= 0.6 is 0 Å². The van der Waals surface area contributed by atoms with Crippen LogP contribution in [0.5, 0.6) is 0 Å². The summed E-state index contributed by atoms with van der Waals surface area (Å²) in [7, 11) is 3.43. The van der Waals surface area contributed by atoms with Crippen molar-refractivity contribution in [1.82, 2.24) is 0 Å². The molecule has 0 spiro atoms. The fourth-order valence-corrected chi connectivity index (χ4v) is 5.15. The van der Waals surface area contributed by atoms with E-state index in [1.54, 1.807) is 14.2 Å².